The zero-order valence-corrected chi connectivity index (χ0v) is 13.5. The molecule has 0 heterocycles. The van der Waals surface area contributed by atoms with Gasteiger partial charge in [-0.25, -0.2) is 8.42 Å². The number of nitrogens with two attached hydrogens (primary N) is 1. The first kappa shape index (κ1) is 15.8. The molecule has 0 unspecified atom stereocenters. The molecule has 3 N–H and O–H groups in total. The Hall–Kier alpha value is -1.63. The third-order valence-corrected chi connectivity index (χ3v) is 4.47. The third kappa shape index (κ3) is 3.72. The number of hydrogen-bond donors (Lipinski definition) is 2. The summed E-state index contributed by atoms with van der Waals surface area (Å²) in [5, 5.41) is 3.59. The number of sulfone groups is 1. The zero-order valence-electron chi connectivity index (χ0n) is 11.1. The summed E-state index contributed by atoms with van der Waals surface area (Å²) in [6.45, 7) is 0. The maximum Gasteiger partial charge on any atom is 0.175 e. The monoisotopic (exact) mass is 340 g/mol. The molecule has 0 bridgehead atoms. The Bertz CT molecular complexity index is 787. The van der Waals surface area contributed by atoms with Crippen LogP contribution in [0.25, 0.3) is 0 Å². The molecule has 0 aliphatic heterocycles. The molecule has 0 spiro atoms. The van der Waals surface area contributed by atoms with E-state index in [1.165, 1.54) is 12.1 Å². The molecule has 0 aliphatic rings. The van der Waals surface area contributed by atoms with Crippen LogP contribution in [0.2, 0.25) is 5.02 Å². The standard InChI is InChI=1S/C14H13ClN2O2S2/c1-21(18,19)10-7-5-9(6-8-10)17-12-4-2-3-11(15)13(12)14(16)20/h2-8,17H,1H3,(H2,16,20). The summed E-state index contributed by atoms with van der Waals surface area (Å²) in [7, 11) is -3.21. The van der Waals surface area contributed by atoms with Gasteiger partial charge >= 0.3 is 0 Å². The summed E-state index contributed by atoms with van der Waals surface area (Å²) < 4.78 is 22.8. The van der Waals surface area contributed by atoms with E-state index in [0.717, 1.165) is 6.26 Å². The summed E-state index contributed by atoms with van der Waals surface area (Å²) in [4.78, 5) is 0.449. The maximum absolute atomic E-state index is 11.4. The molecule has 0 fully saturated rings. The van der Waals surface area contributed by atoms with Gasteiger partial charge in [0.15, 0.2) is 9.84 Å². The molecule has 0 amide bonds. The number of benzene rings is 2. The smallest absolute Gasteiger partial charge is 0.175 e. The molecule has 2 aromatic carbocycles. The number of nitrogens with one attached hydrogen (secondary N) is 1. The van der Waals surface area contributed by atoms with Gasteiger partial charge < -0.3 is 11.1 Å². The van der Waals surface area contributed by atoms with Crippen molar-refractivity contribution in [2.45, 2.75) is 4.90 Å². The van der Waals surface area contributed by atoms with Crippen molar-refractivity contribution in [3.8, 4) is 0 Å². The lowest BCUT2D eigenvalue weighted by atomic mass is 10.1. The van der Waals surface area contributed by atoms with Crippen LogP contribution in [0.15, 0.2) is 47.4 Å². The Morgan fingerprint density at radius 3 is 2.33 bits per heavy atom. The first-order valence-corrected chi connectivity index (χ1v) is 8.62. The number of thiocarbonyl (C=S) groups is 1. The number of rotatable bonds is 4. The first-order chi connectivity index (χ1) is 9.79. The second-order valence-corrected chi connectivity index (χ2v) is 7.31. The fourth-order valence-corrected chi connectivity index (χ4v) is 3.00. The van der Waals surface area contributed by atoms with Crippen LogP contribution in [0.5, 0.6) is 0 Å². The van der Waals surface area contributed by atoms with Crippen molar-refractivity contribution in [1.29, 1.82) is 0 Å². The van der Waals surface area contributed by atoms with Gasteiger partial charge in [-0.3, -0.25) is 0 Å². The molecule has 0 radical (unpaired) electrons. The molecule has 0 aliphatic carbocycles. The van der Waals surface area contributed by atoms with Gasteiger partial charge in [-0.05, 0) is 36.4 Å². The van der Waals surface area contributed by atoms with E-state index < -0.39 is 9.84 Å². The molecule has 2 aromatic rings. The van der Waals surface area contributed by atoms with Crippen molar-refractivity contribution in [2.75, 3.05) is 11.6 Å². The molecule has 2 rings (SSSR count). The Labute approximate surface area is 133 Å². The predicted molar refractivity (Wildman–Crippen MR) is 90.2 cm³/mol. The van der Waals surface area contributed by atoms with Crippen molar-refractivity contribution in [2.24, 2.45) is 5.73 Å². The Morgan fingerprint density at radius 2 is 1.81 bits per heavy atom. The van der Waals surface area contributed by atoms with Crippen LogP contribution in [0.4, 0.5) is 11.4 Å². The van der Waals surface area contributed by atoms with Crippen LogP contribution < -0.4 is 11.1 Å². The summed E-state index contributed by atoms with van der Waals surface area (Å²) in [5.74, 6) is 0. The highest BCUT2D eigenvalue weighted by Gasteiger charge is 2.11. The predicted octanol–water partition coefficient (Wildman–Crippen LogP) is 3.12. The molecule has 7 heteroatoms. The van der Waals surface area contributed by atoms with Gasteiger partial charge in [0, 0.05) is 11.9 Å². The van der Waals surface area contributed by atoms with Gasteiger partial charge in [0.05, 0.1) is 21.2 Å². The Balaban J connectivity index is 2.35. The maximum atomic E-state index is 11.4. The molecule has 0 saturated carbocycles. The highest BCUT2D eigenvalue weighted by molar-refractivity contribution is 7.90. The zero-order chi connectivity index (χ0) is 15.6. The lowest BCUT2D eigenvalue weighted by Crippen LogP contribution is -2.12. The lowest BCUT2D eigenvalue weighted by Gasteiger charge is -2.13. The topological polar surface area (TPSA) is 72.2 Å². The van der Waals surface area contributed by atoms with E-state index in [9.17, 15) is 8.42 Å². The molecule has 0 aromatic heterocycles. The number of halogens is 1. The van der Waals surface area contributed by atoms with E-state index in [1.54, 1.807) is 30.3 Å². The minimum atomic E-state index is -3.21. The van der Waals surface area contributed by atoms with Crippen molar-refractivity contribution < 1.29 is 8.42 Å². The van der Waals surface area contributed by atoms with Crippen LogP contribution in [-0.2, 0) is 9.84 Å². The summed E-state index contributed by atoms with van der Waals surface area (Å²) in [5.41, 5.74) is 7.61. The van der Waals surface area contributed by atoms with Crippen LogP contribution in [-0.4, -0.2) is 19.7 Å². The molecule has 0 atom stereocenters. The molecular formula is C14H13ClN2O2S2. The van der Waals surface area contributed by atoms with Gasteiger partial charge in [-0.15, -0.1) is 0 Å². The van der Waals surface area contributed by atoms with Gasteiger partial charge in [0.1, 0.15) is 4.99 Å². The SMILES string of the molecule is CS(=O)(=O)c1ccc(Nc2cccc(Cl)c2C(N)=S)cc1. The van der Waals surface area contributed by atoms with Crippen molar-refractivity contribution in [3.05, 3.63) is 53.1 Å². The fraction of sp³-hybridized carbons (Fsp3) is 0.0714. The van der Waals surface area contributed by atoms with Crippen molar-refractivity contribution in [3.63, 3.8) is 0 Å². The summed E-state index contributed by atoms with van der Waals surface area (Å²) >= 11 is 11.1. The molecule has 21 heavy (non-hydrogen) atoms. The average molecular weight is 341 g/mol. The average Bonchev–Trinajstić information content (AvgIpc) is 2.38. The minimum Gasteiger partial charge on any atom is -0.389 e. The first-order valence-electron chi connectivity index (χ1n) is 5.94. The van der Waals surface area contributed by atoms with Crippen LogP contribution in [0.1, 0.15) is 5.56 Å². The Kier molecular flexibility index (Phi) is 4.51. The molecular weight excluding hydrogens is 328 g/mol. The highest BCUT2D eigenvalue weighted by atomic mass is 35.5. The third-order valence-electron chi connectivity index (χ3n) is 2.82. The largest absolute Gasteiger partial charge is 0.389 e. The quantitative estimate of drug-likeness (QED) is 0.837. The van der Waals surface area contributed by atoms with E-state index >= 15 is 0 Å². The minimum absolute atomic E-state index is 0.191. The van der Waals surface area contributed by atoms with E-state index in [0.29, 0.717) is 22.0 Å². The van der Waals surface area contributed by atoms with E-state index in [4.69, 9.17) is 29.6 Å². The molecule has 0 saturated heterocycles. The highest BCUT2D eigenvalue weighted by Crippen LogP contribution is 2.27. The Morgan fingerprint density at radius 1 is 1.19 bits per heavy atom. The normalized spacial score (nSPS) is 11.1. The second-order valence-electron chi connectivity index (χ2n) is 4.45. The van der Waals surface area contributed by atoms with Crippen molar-refractivity contribution in [1.82, 2.24) is 0 Å². The van der Waals surface area contributed by atoms with Crippen LogP contribution in [0.3, 0.4) is 0 Å². The van der Waals surface area contributed by atoms with Crippen LogP contribution >= 0.6 is 23.8 Å². The lowest BCUT2D eigenvalue weighted by molar-refractivity contribution is 0.602. The molecule has 110 valence electrons. The van der Waals surface area contributed by atoms with E-state index in [2.05, 4.69) is 5.32 Å². The van der Waals surface area contributed by atoms with Gasteiger partial charge in [-0.2, -0.15) is 0 Å². The second kappa shape index (κ2) is 6.01. The van der Waals surface area contributed by atoms with E-state index in [1.807, 2.05) is 0 Å². The fourth-order valence-electron chi connectivity index (χ4n) is 1.82. The molecule has 4 nitrogen and oxygen atoms in total. The summed E-state index contributed by atoms with van der Waals surface area (Å²) in [6.07, 6.45) is 1.16. The van der Waals surface area contributed by atoms with Gasteiger partial charge in [0.25, 0.3) is 0 Å². The summed E-state index contributed by atoms with van der Waals surface area (Å²) in [6, 6.07) is 11.7. The van der Waals surface area contributed by atoms with Gasteiger partial charge in [0.2, 0.25) is 0 Å². The number of anilines is 2. The number of hydrogen-bond acceptors (Lipinski definition) is 4. The van der Waals surface area contributed by atoms with E-state index in [-0.39, 0.29) is 9.88 Å². The van der Waals surface area contributed by atoms with Gasteiger partial charge in [-0.1, -0.05) is 29.9 Å². The van der Waals surface area contributed by atoms with Crippen molar-refractivity contribution >= 4 is 50.0 Å². The van der Waals surface area contributed by atoms with Crippen LogP contribution in [0, 0.1) is 0 Å².